The standard InChI is InChI=1S/C16H20ClFN4O2/c1-10-19-20-16(24-10)9-21(2)14-7-22(8-15(14)23)6-11-5-12(17)3-4-13(11)18/h3-5,14-15,23H,6-9H2,1-2H3/t14-,15+/m0/s1. The Hall–Kier alpha value is -1.54. The summed E-state index contributed by atoms with van der Waals surface area (Å²) >= 11 is 5.94. The number of likely N-dealkylation sites (tertiary alicyclic amines) is 1. The molecule has 1 fully saturated rings. The predicted octanol–water partition coefficient (Wildman–Crippen LogP) is 1.85. The van der Waals surface area contributed by atoms with Crippen LogP contribution in [0.2, 0.25) is 5.02 Å². The third-order valence-electron chi connectivity index (χ3n) is 4.26. The van der Waals surface area contributed by atoms with Crippen molar-refractivity contribution in [3.63, 3.8) is 0 Å². The third kappa shape index (κ3) is 3.92. The minimum absolute atomic E-state index is 0.0838. The molecule has 2 atom stereocenters. The fourth-order valence-electron chi connectivity index (χ4n) is 3.05. The molecule has 0 radical (unpaired) electrons. The van der Waals surface area contributed by atoms with Gasteiger partial charge >= 0.3 is 0 Å². The molecule has 0 amide bonds. The first kappa shape index (κ1) is 17.3. The van der Waals surface area contributed by atoms with Crippen LogP contribution in [0, 0.1) is 12.7 Å². The Morgan fingerprint density at radius 2 is 2.21 bits per heavy atom. The maximum atomic E-state index is 13.9. The maximum absolute atomic E-state index is 13.9. The van der Waals surface area contributed by atoms with Gasteiger partial charge in [0.1, 0.15) is 5.82 Å². The van der Waals surface area contributed by atoms with E-state index in [-0.39, 0.29) is 11.9 Å². The second-order valence-electron chi connectivity index (χ2n) is 6.19. The van der Waals surface area contributed by atoms with Gasteiger partial charge in [0.15, 0.2) is 0 Å². The van der Waals surface area contributed by atoms with Crippen LogP contribution in [-0.2, 0) is 13.1 Å². The number of aliphatic hydroxyl groups is 1. The van der Waals surface area contributed by atoms with Gasteiger partial charge in [-0.1, -0.05) is 11.6 Å². The summed E-state index contributed by atoms with van der Waals surface area (Å²) in [7, 11) is 1.90. The quantitative estimate of drug-likeness (QED) is 0.884. The lowest BCUT2D eigenvalue weighted by Crippen LogP contribution is -2.40. The Labute approximate surface area is 144 Å². The normalized spacial score (nSPS) is 21.8. The Kier molecular flexibility index (Phi) is 5.15. The minimum Gasteiger partial charge on any atom is -0.424 e. The molecule has 8 heteroatoms. The van der Waals surface area contributed by atoms with Crippen LogP contribution < -0.4 is 0 Å². The van der Waals surface area contributed by atoms with Crippen LogP contribution >= 0.6 is 11.6 Å². The van der Waals surface area contributed by atoms with Gasteiger partial charge in [-0.2, -0.15) is 0 Å². The molecule has 0 aliphatic carbocycles. The van der Waals surface area contributed by atoms with E-state index in [1.54, 1.807) is 13.0 Å². The highest BCUT2D eigenvalue weighted by atomic mass is 35.5. The molecule has 130 valence electrons. The molecule has 0 spiro atoms. The van der Waals surface area contributed by atoms with E-state index in [9.17, 15) is 9.50 Å². The lowest BCUT2D eigenvalue weighted by Gasteiger charge is -2.25. The summed E-state index contributed by atoms with van der Waals surface area (Å²) in [5.41, 5.74) is 0.533. The first-order chi connectivity index (χ1) is 11.4. The molecule has 3 rings (SSSR count). The first-order valence-electron chi connectivity index (χ1n) is 7.76. The third-order valence-corrected chi connectivity index (χ3v) is 4.49. The Morgan fingerprint density at radius 1 is 1.42 bits per heavy atom. The molecule has 1 aromatic heterocycles. The molecular formula is C16H20ClFN4O2. The highest BCUT2D eigenvalue weighted by Crippen LogP contribution is 2.22. The summed E-state index contributed by atoms with van der Waals surface area (Å²) in [4.78, 5) is 3.99. The average molecular weight is 355 g/mol. The molecule has 2 aromatic rings. The molecule has 24 heavy (non-hydrogen) atoms. The number of hydrogen-bond acceptors (Lipinski definition) is 6. The SMILES string of the molecule is Cc1nnc(CN(C)[C@H]2CN(Cc3cc(Cl)ccc3F)C[C@H]2O)o1. The van der Waals surface area contributed by atoms with E-state index in [1.807, 2.05) is 16.8 Å². The van der Waals surface area contributed by atoms with Gasteiger partial charge in [-0.15, -0.1) is 10.2 Å². The van der Waals surface area contributed by atoms with E-state index in [4.69, 9.17) is 16.0 Å². The van der Waals surface area contributed by atoms with Gasteiger partial charge in [-0.05, 0) is 25.2 Å². The van der Waals surface area contributed by atoms with Gasteiger partial charge in [0.25, 0.3) is 0 Å². The summed E-state index contributed by atoms with van der Waals surface area (Å²) < 4.78 is 19.3. The van der Waals surface area contributed by atoms with Crippen molar-refractivity contribution in [2.24, 2.45) is 0 Å². The summed E-state index contributed by atoms with van der Waals surface area (Å²) in [5, 5.41) is 18.6. The van der Waals surface area contributed by atoms with Crippen LogP contribution in [0.1, 0.15) is 17.3 Å². The minimum atomic E-state index is -0.527. The van der Waals surface area contributed by atoms with E-state index >= 15 is 0 Å². The topological polar surface area (TPSA) is 65.6 Å². The smallest absolute Gasteiger partial charge is 0.230 e. The van der Waals surface area contributed by atoms with Crippen molar-refractivity contribution < 1.29 is 13.9 Å². The van der Waals surface area contributed by atoms with Crippen molar-refractivity contribution in [3.05, 3.63) is 46.4 Å². The van der Waals surface area contributed by atoms with Crippen molar-refractivity contribution in [2.45, 2.75) is 32.2 Å². The van der Waals surface area contributed by atoms with Crippen molar-refractivity contribution >= 4 is 11.6 Å². The fraction of sp³-hybridized carbons (Fsp3) is 0.500. The summed E-state index contributed by atoms with van der Waals surface area (Å²) in [6, 6.07) is 4.44. The van der Waals surface area contributed by atoms with Crippen LogP contribution in [0.5, 0.6) is 0 Å². The molecule has 1 saturated heterocycles. The van der Waals surface area contributed by atoms with Crippen LogP contribution in [0.25, 0.3) is 0 Å². The Bertz CT molecular complexity index is 711. The highest BCUT2D eigenvalue weighted by Gasteiger charge is 2.34. The maximum Gasteiger partial charge on any atom is 0.230 e. The number of β-amino-alcohol motifs (C(OH)–C–C–N with tert-alkyl or cyclic N) is 1. The second kappa shape index (κ2) is 7.14. The molecule has 1 aliphatic heterocycles. The van der Waals surface area contributed by atoms with E-state index in [0.29, 0.717) is 48.5 Å². The lowest BCUT2D eigenvalue weighted by atomic mass is 10.2. The number of likely N-dealkylation sites (N-methyl/N-ethyl adjacent to an activating group) is 1. The van der Waals surface area contributed by atoms with E-state index in [2.05, 4.69) is 10.2 Å². The number of halogens is 2. The van der Waals surface area contributed by atoms with Gasteiger partial charge in [-0.3, -0.25) is 9.80 Å². The zero-order chi connectivity index (χ0) is 17.3. The van der Waals surface area contributed by atoms with Crippen molar-refractivity contribution in [1.29, 1.82) is 0 Å². The molecule has 6 nitrogen and oxygen atoms in total. The number of aromatic nitrogens is 2. The van der Waals surface area contributed by atoms with Gasteiger partial charge in [-0.25, -0.2) is 4.39 Å². The van der Waals surface area contributed by atoms with Crippen LogP contribution in [0.15, 0.2) is 22.6 Å². The van der Waals surface area contributed by atoms with Gasteiger partial charge in [0.2, 0.25) is 11.8 Å². The number of nitrogens with zero attached hydrogens (tertiary/aromatic N) is 4. The highest BCUT2D eigenvalue weighted by molar-refractivity contribution is 6.30. The van der Waals surface area contributed by atoms with E-state index < -0.39 is 6.10 Å². The molecule has 0 unspecified atom stereocenters. The number of benzene rings is 1. The van der Waals surface area contributed by atoms with Crippen molar-refractivity contribution in [3.8, 4) is 0 Å². The number of aryl methyl sites for hydroxylation is 1. The number of rotatable bonds is 5. The van der Waals surface area contributed by atoms with Crippen molar-refractivity contribution in [2.75, 3.05) is 20.1 Å². The summed E-state index contributed by atoms with van der Waals surface area (Å²) in [5.74, 6) is 0.747. The zero-order valence-corrected chi connectivity index (χ0v) is 14.4. The summed E-state index contributed by atoms with van der Waals surface area (Å²) in [6.07, 6.45) is -0.527. The molecule has 2 heterocycles. The molecule has 0 bridgehead atoms. The van der Waals surface area contributed by atoms with E-state index in [0.717, 1.165) is 0 Å². The molecule has 0 saturated carbocycles. The molecule has 1 aliphatic rings. The second-order valence-corrected chi connectivity index (χ2v) is 6.63. The molecule has 1 N–H and O–H groups in total. The predicted molar refractivity (Wildman–Crippen MR) is 87.0 cm³/mol. The van der Waals surface area contributed by atoms with Crippen LogP contribution in [0.4, 0.5) is 4.39 Å². The zero-order valence-electron chi connectivity index (χ0n) is 13.6. The van der Waals surface area contributed by atoms with Gasteiger partial charge in [0, 0.05) is 43.2 Å². The van der Waals surface area contributed by atoms with E-state index in [1.165, 1.54) is 12.1 Å². The Balaban J connectivity index is 1.62. The number of aliphatic hydroxyl groups excluding tert-OH is 1. The molecule has 1 aromatic carbocycles. The first-order valence-corrected chi connectivity index (χ1v) is 8.13. The largest absolute Gasteiger partial charge is 0.424 e. The lowest BCUT2D eigenvalue weighted by molar-refractivity contribution is 0.0898. The van der Waals surface area contributed by atoms with Crippen LogP contribution in [0.3, 0.4) is 0 Å². The van der Waals surface area contributed by atoms with Gasteiger partial charge in [0.05, 0.1) is 12.6 Å². The summed E-state index contributed by atoms with van der Waals surface area (Å²) in [6.45, 7) is 3.71. The fourth-order valence-corrected chi connectivity index (χ4v) is 3.24. The Morgan fingerprint density at radius 3 is 2.92 bits per heavy atom. The average Bonchev–Trinajstić information content (AvgIpc) is 3.09. The van der Waals surface area contributed by atoms with Crippen LogP contribution in [-0.4, -0.2) is 57.4 Å². The van der Waals surface area contributed by atoms with Gasteiger partial charge < -0.3 is 9.52 Å². The van der Waals surface area contributed by atoms with Crippen molar-refractivity contribution in [1.82, 2.24) is 20.0 Å². The monoisotopic (exact) mass is 354 g/mol. The molecular weight excluding hydrogens is 335 g/mol. The number of hydrogen-bond donors (Lipinski definition) is 1.